The highest BCUT2D eigenvalue weighted by atomic mass is 16.5. The maximum absolute atomic E-state index is 11.7. The van der Waals surface area contributed by atoms with Crippen molar-refractivity contribution in [2.45, 2.75) is 26.3 Å². The molecule has 1 fully saturated rings. The van der Waals surface area contributed by atoms with Gasteiger partial charge in [0.2, 0.25) is 11.8 Å². The number of primary amides is 1. The topological polar surface area (TPSA) is 81.4 Å². The van der Waals surface area contributed by atoms with Crippen LogP contribution >= 0.6 is 0 Å². The molecule has 0 aromatic carbocycles. The lowest BCUT2D eigenvalue weighted by Gasteiger charge is -2.20. The molecule has 0 aromatic rings. The number of hydrogen-bond acceptors (Lipinski definition) is 3. The van der Waals surface area contributed by atoms with E-state index in [9.17, 15) is 9.59 Å². The average Bonchev–Trinajstić information content (AvgIpc) is 2.65. The van der Waals surface area contributed by atoms with Crippen LogP contribution in [-0.2, 0) is 14.3 Å². The molecule has 0 spiro atoms. The van der Waals surface area contributed by atoms with Crippen LogP contribution in [0, 0.1) is 11.8 Å². The Morgan fingerprint density at radius 1 is 1.47 bits per heavy atom. The van der Waals surface area contributed by atoms with E-state index < -0.39 is 11.9 Å². The fourth-order valence-corrected chi connectivity index (χ4v) is 1.58. The van der Waals surface area contributed by atoms with E-state index >= 15 is 0 Å². The van der Waals surface area contributed by atoms with Gasteiger partial charge in [-0.15, -0.1) is 0 Å². The van der Waals surface area contributed by atoms with Crippen LogP contribution in [0.3, 0.4) is 0 Å². The summed E-state index contributed by atoms with van der Waals surface area (Å²) in [7, 11) is 0. The molecule has 15 heavy (non-hydrogen) atoms. The van der Waals surface area contributed by atoms with Gasteiger partial charge in [0.05, 0.1) is 12.5 Å². The van der Waals surface area contributed by atoms with Crippen molar-refractivity contribution in [1.29, 1.82) is 0 Å². The van der Waals surface area contributed by atoms with Gasteiger partial charge in [-0.3, -0.25) is 9.59 Å². The molecule has 0 bridgehead atoms. The number of carbonyl (C=O) groups is 2. The molecular formula is C10H18N2O3. The molecule has 1 saturated heterocycles. The molecule has 2 amide bonds. The van der Waals surface area contributed by atoms with Crippen molar-refractivity contribution < 1.29 is 14.3 Å². The third-order valence-corrected chi connectivity index (χ3v) is 2.57. The van der Waals surface area contributed by atoms with Crippen molar-refractivity contribution in [3.63, 3.8) is 0 Å². The molecule has 0 unspecified atom stereocenters. The zero-order valence-electron chi connectivity index (χ0n) is 9.16. The van der Waals surface area contributed by atoms with Gasteiger partial charge in [0, 0.05) is 6.61 Å². The zero-order chi connectivity index (χ0) is 11.4. The van der Waals surface area contributed by atoms with Gasteiger partial charge in [-0.05, 0) is 12.3 Å². The van der Waals surface area contributed by atoms with E-state index in [4.69, 9.17) is 10.5 Å². The van der Waals surface area contributed by atoms with E-state index in [0.29, 0.717) is 13.2 Å². The Balaban J connectivity index is 2.50. The third kappa shape index (κ3) is 3.20. The van der Waals surface area contributed by atoms with Crippen LogP contribution in [0.4, 0.5) is 0 Å². The first-order valence-electron chi connectivity index (χ1n) is 5.19. The van der Waals surface area contributed by atoms with E-state index in [1.807, 2.05) is 13.8 Å². The summed E-state index contributed by atoms with van der Waals surface area (Å²) in [6.07, 6.45) is 0.718. The van der Waals surface area contributed by atoms with Crippen LogP contribution in [-0.4, -0.2) is 31.1 Å². The van der Waals surface area contributed by atoms with Crippen molar-refractivity contribution in [3.05, 3.63) is 0 Å². The van der Waals surface area contributed by atoms with Crippen molar-refractivity contribution >= 4 is 11.8 Å². The number of amides is 2. The molecule has 0 aromatic heterocycles. The predicted molar refractivity (Wildman–Crippen MR) is 54.9 cm³/mol. The first-order valence-corrected chi connectivity index (χ1v) is 5.19. The molecule has 3 N–H and O–H groups in total. The molecule has 1 aliphatic rings. The van der Waals surface area contributed by atoms with E-state index in [-0.39, 0.29) is 17.7 Å². The number of carbonyl (C=O) groups excluding carboxylic acids is 2. The molecule has 0 radical (unpaired) electrons. The smallest absolute Gasteiger partial charge is 0.240 e. The predicted octanol–water partition coefficient (Wildman–Crippen LogP) is -0.351. The average molecular weight is 214 g/mol. The number of nitrogens with two attached hydrogens (primary N) is 1. The summed E-state index contributed by atoms with van der Waals surface area (Å²) < 4.78 is 5.10. The van der Waals surface area contributed by atoms with Gasteiger partial charge in [-0.25, -0.2) is 0 Å². The van der Waals surface area contributed by atoms with Crippen molar-refractivity contribution in [2.24, 2.45) is 17.6 Å². The molecular weight excluding hydrogens is 196 g/mol. The van der Waals surface area contributed by atoms with Crippen LogP contribution in [0.5, 0.6) is 0 Å². The Morgan fingerprint density at radius 2 is 2.13 bits per heavy atom. The minimum atomic E-state index is -0.585. The van der Waals surface area contributed by atoms with E-state index in [1.165, 1.54) is 0 Å². The summed E-state index contributed by atoms with van der Waals surface area (Å²) in [6, 6.07) is -0.585. The first kappa shape index (κ1) is 12.0. The summed E-state index contributed by atoms with van der Waals surface area (Å²) in [4.78, 5) is 22.7. The quantitative estimate of drug-likeness (QED) is 0.671. The third-order valence-electron chi connectivity index (χ3n) is 2.57. The maximum Gasteiger partial charge on any atom is 0.240 e. The Hall–Kier alpha value is -1.10. The van der Waals surface area contributed by atoms with Crippen LogP contribution in [0.1, 0.15) is 20.3 Å². The summed E-state index contributed by atoms with van der Waals surface area (Å²) in [5, 5.41) is 2.66. The Kier molecular flexibility index (Phi) is 4.08. The highest BCUT2D eigenvalue weighted by molar-refractivity contribution is 5.87. The van der Waals surface area contributed by atoms with Gasteiger partial charge in [-0.1, -0.05) is 13.8 Å². The minimum absolute atomic E-state index is 0.00812. The summed E-state index contributed by atoms with van der Waals surface area (Å²) in [6.45, 7) is 4.75. The molecule has 5 nitrogen and oxygen atoms in total. The van der Waals surface area contributed by atoms with Crippen LogP contribution in [0.15, 0.2) is 0 Å². The molecule has 86 valence electrons. The van der Waals surface area contributed by atoms with Crippen LogP contribution in [0.2, 0.25) is 0 Å². The summed E-state index contributed by atoms with van der Waals surface area (Å²) >= 11 is 0. The fraction of sp³-hybridized carbons (Fsp3) is 0.800. The molecule has 1 rings (SSSR count). The first-order chi connectivity index (χ1) is 7.02. The van der Waals surface area contributed by atoms with Gasteiger partial charge < -0.3 is 15.8 Å². The van der Waals surface area contributed by atoms with E-state index in [1.54, 1.807) is 0 Å². The van der Waals surface area contributed by atoms with Gasteiger partial charge in [0.25, 0.3) is 0 Å². The van der Waals surface area contributed by atoms with Crippen LogP contribution in [0.25, 0.3) is 0 Å². The number of ether oxygens (including phenoxy) is 1. The zero-order valence-corrected chi connectivity index (χ0v) is 9.16. The van der Waals surface area contributed by atoms with Gasteiger partial charge in [-0.2, -0.15) is 0 Å². The Labute approximate surface area is 89.3 Å². The number of nitrogens with one attached hydrogen (secondary N) is 1. The Bertz CT molecular complexity index is 247. The number of hydrogen-bond donors (Lipinski definition) is 2. The van der Waals surface area contributed by atoms with Crippen molar-refractivity contribution in [2.75, 3.05) is 13.2 Å². The maximum atomic E-state index is 11.7. The van der Waals surface area contributed by atoms with Crippen molar-refractivity contribution in [1.82, 2.24) is 5.32 Å². The lowest BCUT2D eigenvalue weighted by molar-refractivity contribution is -0.130. The highest BCUT2D eigenvalue weighted by Crippen LogP contribution is 2.13. The lowest BCUT2D eigenvalue weighted by atomic mass is 10.0. The summed E-state index contributed by atoms with van der Waals surface area (Å²) in [5.74, 6) is -0.748. The standard InChI is InChI=1S/C10H18N2O3/c1-6(2)8(9(11)13)12-10(14)7-3-4-15-5-7/h6-8H,3-5H2,1-2H3,(H2,11,13)(H,12,14)/t7-,8-/m0/s1. The van der Waals surface area contributed by atoms with Gasteiger partial charge >= 0.3 is 0 Å². The SMILES string of the molecule is CC(C)[C@H](NC(=O)[C@H]1CCOC1)C(N)=O. The lowest BCUT2D eigenvalue weighted by Crippen LogP contribution is -2.49. The molecule has 5 heteroatoms. The van der Waals surface area contributed by atoms with Gasteiger partial charge in [0.15, 0.2) is 0 Å². The van der Waals surface area contributed by atoms with E-state index in [0.717, 1.165) is 6.42 Å². The van der Waals surface area contributed by atoms with E-state index in [2.05, 4.69) is 5.32 Å². The second kappa shape index (κ2) is 5.11. The largest absolute Gasteiger partial charge is 0.381 e. The second-order valence-corrected chi connectivity index (χ2v) is 4.19. The highest BCUT2D eigenvalue weighted by Gasteiger charge is 2.28. The van der Waals surface area contributed by atoms with Gasteiger partial charge in [0.1, 0.15) is 6.04 Å². The molecule has 1 heterocycles. The van der Waals surface area contributed by atoms with Crippen molar-refractivity contribution in [3.8, 4) is 0 Å². The van der Waals surface area contributed by atoms with Crippen LogP contribution < -0.4 is 11.1 Å². The fourth-order valence-electron chi connectivity index (χ4n) is 1.58. The summed E-state index contributed by atoms with van der Waals surface area (Å²) in [5.41, 5.74) is 5.20. The minimum Gasteiger partial charge on any atom is -0.381 e. The molecule has 1 aliphatic heterocycles. The monoisotopic (exact) mass is 214 g/mol. The second-order valence-electron chi connectivity index (χ2n) is 4.19. The number of rotatable bonds is 4. The molecule has 0 aliphatic carbocycles. The Morgan fingerprint density at radius 3 is 2.53 bits per heavy atom. The molecule has 0 saturated carbocycles. The molecule has 2 atom stereocenters. The normalized spacial score (nSPS) is 22.7.